The van der Waals surface area contributed by atoms with Crippen molar-refractivity contribution >= 4 is 0 Å². The highest BCUT2D eigenvalue weighted by molar-refractivity contribution is 4.99. The van der Waals surface area contributed by atoms with Gasteiger partial charge in [-0.05, 0) is 20.3 Å². The summed E-state index contributed by atoms with van der Waals surface area (Å²) in [6.07, 6.45) is 6.00. The zero-order valence-electron chi connectivity index (χ0n) is 8.77. The van der Waals surface area contributed by atoms with Gasteiger partial charge in [-0.3, -0.25) is 0 Å². The van der Waals surface area contributed by atoms with Gasteiger partial charge in [0.2, 0.25) is 0 Å². The SMILES string of the molecule is C=C/C=C/CC1OC(C)(C)OC1CO. The molecular formula is C11H18O3. The van der Waals surface area contributed by atoms with Crippen molar-refractivity contribution in [2.24, 2.45) is 0 Å². The number of hydrogen-bond acceptors (Lipinski definition) is 3. The van der Waals surface area contributed by atoms with Crippen molar-refractivity contribution in [2.75, 3.05) is 6.61 Å². The fourth-order valence-corrected chi connectivity index (χ4v) is 1.57. The van der Waals surface area contributed by atoms with Crippen LogP contribution in [0.25, 0.3) is 0 Å². The fourth-order valence-electron chi connectivity index (χ4n) is 1.57. The minimum atomic E-state index is -0.583. The van der Waals surface area contributed by atoms with Crippen molar-refractivity contribution in [1.29, 1.82) is 0 Å². The van der Waals surface area contributed by atoms with E-state index in [1.54, 1.807) is 6.08 Å². The summed E-state index contributed by atoms with van der Waals surface area (Å²) in [4.78, 5) is 0. The number of ether oxygens (including phenoxy) is 2. The molecular weight excluding hydrogens is 180 g/mol. The number of hydrogen-bond donors (Lipinski definition) is 1. The Balaban J connectivity index is 2.51. The molecule has 2 atom stereocenters. The Hall–Kier alpha value is -0.640. The minimum Gasteiger partial charge on any atom is -0.394 e. The smallest absolute Gasteiger partial charge is 0.163 e. The molecule has 14 heavy (non-hydrogen) atoms. The molecule has 0 aromatic heterocycles. The van der Waals surface area contributed by atoms with E-state index in [2.05, 4.69) is 6.58 Å². The van der Waals surface area contributed by atoms with Gasteiger partial charge in [0.15, 0.2) is 5.79 Å². The van der Waals surface area contributed by atoms with Crippen molar-refractivity contribution in [3.05, 3.63) is 24.8 Å². The Kier molecular flexibility index (Phi) is 3.86. The first-order valence-electron chi connectivity index (χ1n) is 4.83. The molecule has 1 aliphatic rings. The van der Waals surface area contributed by atoms with Crippen LogP contribution in [-0.4, -0.2) is 29.7 Å². The number of aliphatic hydroxyl groups excluding tert-OH is 1. The fraction of sp³-hybridized carbons (Fsp3) is 0.636. The predicted molar refractivity (Wildman–Crippen MR) is 54.9 cm³/mol. The van der Waals surface area contributed by atoms with Gasteiger partial charge in [-0.1, -0.05) is 24.8 Å². The maximum absolute atomic E-state index is 9.08. The summed E-state index contributed by atoms with van der Waals surface area (Å²) in [6, 6.07) is 0. The van der Waals surface area contributed by atoms with E-state index in [-0.39, 0.29) is 18.8 Å². The third-order valence-corrected chi connectivity index (χ3v) is 2.11. The van der Waals surface area contributed by atoms with E-state index in [1.165, 1.54) is 0 Å². The van der Waals surface area contributed by atoms with Crippen molar-refractivity contribution in [3.63, 3.8) is 0 Å². The lowest BCUT2D eigenvalue weighted by Crippen LogP contribution is -2.25. The van der Waals surface area contributed by atoms with Crippen LogP contribution in [0.15, 0.2) is 24.8 Å². The Morgan fingerprint density at radius 2 is 2.00 bits per heavy atom. The predicted octanol–water partition coefficient (Wildman–Crippen LogP) is 1.63. The molecule has 1 rings (SSSR count). The van der Waals surface area contributed by atoms with E-state index >= 15 is 0 Å². The standard InChI is InChI=1S/C11H18O3/c1-4-5-6-7-9-10(8-12)14-11(2,3)13-9/h4-6,9-10,12H,1,7-8H2,2-3H3/b6-5+. The normalized spacial score (nSPS) is 31.1. The molecule has 1 saturated heterocycles. The van der Waals surface area contributed by atoms with Gasteiger partial charge in [0.05, 0.1) is 12.7 Å². The second kappa shape index (κ2) is 4.73. The van der Waals surface area contributed by atoms with E-state index in [0.717, 1.165) is 6.42 Å². The summed E-state index contributed by atoms with van der Waals surface area (Å²) in [6.45, 7) is 7.29. The lowest BCUT2D eigenvalue weighted by atomic mass is 10.1. The zero-order valence-corrected chi connectivity index (χ0v) is 8.77. The second-order valence-corrected chi connectivity index (χ2v) is 3.79. The second-order valence-electron chi connectivity index (χ2n) is 3.79. The molecule has 0 aromatic carbocycles. The maximum atomic E-state index is 9.08. The average molecular weight is 198 g/mol. The van der Waals surface area contributed by atoms with E-state index in [0.29, 0.717) is 0 Å². The Morgan fingerprint density at radius 1 is 1.36 bits per heavy atom. The van der Waals surface area contributed by atoms with Crippen molar-refractivity contribution in [2.45, 2.75) is 38.3 Å². The molecule has 1 heterocycles. The van der Waals surface area contributed by atoms with E-state index in [1.807, 2.05) is 26.0 Å². The van der Waals surface area contributed by atoms with Gasteiger partial charge < -0.3 is 14.6 Å². The highest BCUT2D eigenvalue weighted by atomic mass is 16.8. The quantitative estimate of drug-likeness (QED) is 0.698. The first kappa shape index (κ1) is 11.4. The van der Waals surface area contributed by atoms with Crippen LogP contribution < -0.4 is 0 Å². The van der Waals surface area contributed by atoms with Crippen LogP contribution in [0.1, 0.15) is 20.3 Å². The van der Waals surface area contributed by atoms with E-state index in [9.17, 15) is 0 Å². The van der Waals surface area contributed by atoms with Gasteiger partial charge in [0.25, 0.3) is 0 Å². The molecule has 0 aromatic rings. The molecule has 0 saturated carbocycles. The zero-order chi connectivity index (χ0) is 10.6. The summed E-state index contributed by atoms with van der Waals surface area (Å²) >= 11 is 0. The van der Waals surface area contributed by atoms with Crippen molar-refractivity contribution in [1.82, 2.24) is 0 Å². The average Bonchev–Trinajstić information content (AvgIpc) is 2.41. The maximum Gasteiger partial charge on any atom is 0.163 e. The largest absolute Gasteiger partial charge is 0.394 e. The lowest BCUT2D eigenvalue weighted by molar-refractivity contribution is -0.148. The topological polar surface area (TPSA) is 38.7 Å². The van der Waals surface area contributed by atoms with Crippen LogP contribution in [0.5, 0.6) is 0 Å². The van der Waals surface area contributed by atoms with Gasteiger partial charge in [-0.15, -0.1) is 0 Å². The molecule has 3 heteroatoms. The monoisotopic (exact) mass is 198 g/mol. The minimum absolute atomic E-state index is 0.00394. The van der Waals surface area contributed by atoms with Gasteiger partial charge in [-0.2, -0.15) is 0 Å². The summed E-state index contributed by atoms with van der Waals surface area (Å²) in [5.41, 5.74) is 0. The molecule has 1 aliphatic heterocycles. The Morgan fingerprint density at radius 3 is 2.57 bits per heavy atom. The molecule has 0 amide bonds. The molecule has 0 bridgehead atoms. The molecule has 80 valence electrons. The van der Waals surface area contributed by atoms with Crippen molar-refractivity contribution < 1.29 is 14.6 Å². The molecule has 3 nitrogen and oxygen atoms in total. The number of rotatable bonds is 4. The molecule has 1 N–H and O–H groups in total. The van der Waals surface area contributed by atoms with E-state index in [4.69, 9.17) is 14.6 Å². The summed E-state index contributed by atoms with van der Waals surface area (Å²) in [5, 5.41) is 9.08. The number of aliphatic hydroxyl groups is 1. The summed E-state index contributed by atoms with van der Waals surface area (Å²) < 4.78 is 11.1. The van der Waals surface area contributed by atoms with Gasteiger partial charge in [0.1, 0.15) is 6.10 Å². The van der Waals surface area contributed by atoms with Crippen LogP contribution in [-0.2, 0) is 9.47 Å². The van der Waals surface area contributed by atoms with Crippen LogP contribution >= 0.6 is 0 Å². The molecule has 0 spiro atoms. The molecule has 0 radical (unpaired) electrons. The van der Waals surface area contributed by atoms with Gasteiger partial charge >= 0.3 is 0 Å². The highest BCUT2D eigenvalue weighted by Gasteiger charge is 2.39. The summed E-state index contributed by atoms with van der Waals surface area (Å²) in [5.74, 6) is -0.583. The third kappa shape index (κ3) is 2.94. The molecule has 1 fully saturated rings. The van der Waals surface area contributed by atoms with E-state index < -0.39 is 5.79 Å². The molecule has 2 unspecified atom stereocenters. The van der Waals surface area contributed by atoms with Crippen LogP contribution in [0.4, 0.5) is 0 Å². The van der Waals surface area contributed by atoms with Crippen LogP contribution in [0, 0.1) is 0 Å². The molecule has 0 aliphatic carbocycles. The van der Waals surface area contributed by atoms with Gasteiger partial charge in [0, 0.05) is 0 Å². The Bertz CT molecular complexity index is 221. The Labute approximate surface area is 85.0 Å². The van der Waals surface area contributed by atoms with Crippen LogP contribution in [0.2, 0.25) is 0 Å². The highest BCUT2D eigenvalue weighted by Crippen LogP contribution is 2.29. The number of allylic oxidation sites excluding steroid dienone is 2. The van der Waals surface area contributed by atoms with Crippen molar-refractivity contribution in [3.8, 4) is 0 Å². The first-order chi connectivity index (χ1) is 6.59. The van der Waals surface area contributed by atoms with Gasteiger partial charge in [-0.25, -0.2) is 0 Å². The summed E-state index contributed by atoms with van der Waals surface area (Å²) in [7, 11) is 0. The third-order valence-electron chi connectivity index (χ3n) is 2.11. The van der Waals surface area contributed by atoms with Crippen LogP contribution in [0.3, 0.4) is 0 Å². The first-order valence-corrected chi connectivity index (χ1v) is 4.83. The lowest BCUT2D eigenvalue weighted by Gasteiger charge is -2.16.